The number of rotatable bonds is 9. The van der Waals surface area contributed by atoms with Crippen LogP contribution in [0, 0.1) is 10.1 Å². The standard InChI is InChI=1S/C21H22N4O8S/c26-19(14-5-2-1-3-6-14)22-13-17(21(28)29)23-20(27)18-7-4-12-24(18)34(32,33)16-10-8-15(9-11-16)25(30)31/h1-3,5-6,8-11,17-18H,4,7,12-13H2,(H,22,26)(H,23,27)(H,28,29). The molecule has 12 nitrogen and oxygen atoms in total. The fraction of sp³-hybridized carbons (Fsp3) is 0.286. The monoisotopic (exact) mass is 490 g/mol. The minimum Gasteiger partial charge on any atom is -0.480 e. The van der Waals surface area contributed by atoms with E-state index in [1.165, 1.54) is 0 Å². The van der Waals surface area contributed by atoms with Gasteiger partial charge >= 0.3 is 5.97 Å². The van der Waals surface area contributed by atoms with E-state index in [4.69, 9.17) is 0 Å². The highest BCUT2D eigenvalue weighted by atomic mass is 32.2. The number of amides is 2. The van der Waals surface area contributed by atoms with Crippen LogP contribution < -0.4 is 10.6 Å². The molecule has 1 aliphatic heterocycles. The van der Waals surface area contributed by atoms with E-state index >= 15 is 0 Å². The number of nitro groups is 1. The summed E-state index contributed by atoms with van der Waals surface area (Å²) in [5.41, 5.74) is 0.0330. The van der Waals surface area contributed by atoms with Crippen LogP contribution in [-0.4, -0.2) is 65.7 Å². The van der Waals surface area contributed by atoms with Gasteiger partial charge in [0.15, 0.2) is 0 Å². The molecule has 3 rings (SSSR count). The SMILES string of the molecule is O=C(NCC(NC(=O)C1CCCN1S(=O)(=O)c1ccc([N+](=O)[O-])cc1)C(=O)O)c1ccccc1. The van der Waals surface area contributed by atoms with Gasteiger partial charge in [-0.2, -0.15) is 4.31 Å². The molecule has 0 spiro atoms. The van der Waals surface area contributed by atoms with Crippen molar-refractivity contribution in [3.63, 3.8) is 0 Å². The van der Waals surface area contributed by atoms with Gasteiger partial charge in [0, 0.05) is 30.8 Å². The number of carboxylic acids is 1. The number of hydrogen-bond donors (Lipinski definition) is 3. The molecule has 2 unspecified atom stereocenters. The van der Waals surface area contributed by atoms with Crippen molar-refractivity contribution >= 4 is 33.5 Å². The number of aliphatic carboxylic acids is 1. The highest BCUT2D eigenvalue weighted by Crippen LogP contribution is 2.27. The molecule has 0 bridgehead atoms. The molecular formula is C21H22N4O8S. The molecule has 34 heavy (non-hydrogen) atoms. The lowest BCUT2D eigenvalue weighted by Gasteiger charge is -2.25. The van der Waals surface area contributed by atoms with Crippen molar-refractivity contribution in [2.75, 3.05) is 13.1 Å². The van der Waals surface area contributed by atoms with E-state index in [2.05, 4.69) is 10.6 Å². The Hall–Kier alpha value is -3.84. The Morgan fingerprint density at radius 3 is 2.35 bits per heavy atom. The summed E-state index contributed by atoms with van der Waals surface area (Å²) < 4.78 is 27.0. The summed E-state index contributed by atoms with van der Waals surface area (Å²) in [4.78, 5) is 46.6. The Balaban J connectivity index is 1.69. The molecule has 1 saturated heterocycles. The largest absolute Gasteiger partial charge is 0.480 e. The van der Waals surface area contributed by atoms with Crippen LogP contribution in [-0.2, 0) is 19.6 Å². The Morgan fingerprint density at radius 1 is 1.12 bits per heavy atom. The first kappa shape index (κ1) is 24.8. The molecule has 1 heterocycles. The first-order valence-electron chi connectivity index (χ1n) is 10.2. The summed E-state index contributed by atoms with van der Waals surface area (Å²) in [7, 11) is -4.16. The molecule has 2 aromatic carbocycles. The molecule has 0 aliphatic carbocycles. The fourth-order valence-electron chi connectivity index (χ4n) is 3.52. The van der Waals surface area contributed by atoms with Crippen LogP contribution in [0.3, 0.4) is 0 Å². The van der Waals surface area contributed by atoms with Crippen LogP contribution in [0.2, 0.25) is 0 Å². The van der Waals surface area contributed by atoms with Crippen molar-refractivity contribution in [2.45, 2.75) is 29.8 Å². The van der Waals surface area contributed by atoms with Gasteiger partial charge < -0.3 is 15.7 Å². The van der Waals surface area contributed by atoms with Crippen LogP contribution in [0.25, 0.3) is 0 Å². The van der Waals surface area contributed by atoms with Crippen molar-refractivity contribution in [1.29, 1.82) is 0 Å². The quantitative estimate of drug-likeness (QED) is 0.341. The van der Waals surface area contributed by atoms with E-state index in [9.17, 15) is 38.0 Å². The highest BCUT2D eigenvalue weighted by molar-refractivity contribution is 7.89. The van der Waals surface area contributed by atoms with Crippen LogP contribution in [0.5, 0.6) is 0 Å². The maximum Gasteiger partial charge on any atom is 0.328 e. The molecule has 2 aromatic rings. The Morgan fingerprint density at radius 2 is 1.76 bits per heavy atom. The van der Waals surface area contributed by atoms with Gasteiger partial charge in [-0.05, 0) is 37.1 Å². The number of hydrogen-bond acceptors (Lipinski definition) is 7. The summed E-state index contributed by atoms with van der Waals surface area (Å²) in [6.45, 7) is -0.378. The van der Waals surface area contributed by atoms with E-state index in [0.717, 1.165) is 28.6 Å². The van der Waals surface area contributed by atoms with Gasteiger partial charge in [-0.15, -0.1) is 0 Å². The molecule has 1 fully saturated rings. The number of carboxylic acid groups (broad SMARTS) is 1. The molecule has 180 valence electrons. The maximum absolute atomic E-state index is 13.0. The lowest BCUT2D eigenvalue weighted by Crippen LogP contribution is -2.54. The average Bonchev–Trinajstić information content (AvgIpc) is 3.33. The average molecular weight is 490 g/mol. The Bertz CT molecular complexity index is 1190. The van der Waals surface area contributed by atoms with Crippen molar-refractivity contribution in [3.05, 3.63) is 70.3 Å². The molecular weight excluding hydrogens is 468 g/mol. The molecule has 3 N–H and O–H groups in total. The molecule has 0 saturated carbocycles. The molecule has 1 aliphatic rings. The summed E-state index contributed by atoms with van der Waals surface area (Å²) in [6.07, 6.45) is 0.535. The first-order valence-corrected chi connectivity index (χ1v) is 11.7. The number of non-ortho nitro benzene ring substituents is 1. The van der Waals surface area contributed by atoms with Crippen molar-refractivity contribution in [2.24, 2.45) is 0 Å². The van der Waals surface area contributed by atoms with E-state index in [-0.39, 0.29) is 23.5 Å². The predicted molar refractivity (Wildman–Crippen MR) is 118 cm³/mol. The smallest absolute Gasteiger partial charge is 0.328 e. The highest BCUT2D eigenvalue weighted by Gasteiger charge is 2.40. The zero-order valence-corrected chi connectivity index (χ0v) is 18.6. The summed E-state index contributed by atoms with van der Waals surface area (Å²) in [5, 5.41) is 25.0. The molecule has 2 atom stereocenters. The summed E-state index contributed by atoms with van der Waals surface area (Å²) in [6, 6.07) is 9.72. The van der Waals surface area contributed by atoms with Gasteiger partial charge in [0.25, 0.3) is 11.6 Å². The summed E-state index contributed by atoms with van der Waals surface area (Å²) in [5.74, 6) is -2.74. The number of nitrogens with zero attached hydrogens (tertiary/aromatic N) is 2. The van der Waals surface area contributed by atoms with Gasteiger partial charge in [0.2, 0.25) is 15.9 Å². The van der Waals surface area contributed by atoms with E-state index in [1.54, 1.807) is 30.3 Å². The lowest BCUT2D eigenvalue weighted by atomic mass is 10.2. The van der Waals surface area contributed by atoms with Crippen molar-refractivity contribution in [3.8, 4) is 0 Å². The van der Waals surface area contributed by atoms with E-state index < -0.39 is 51.4 Å². The molecule has 0 radical (unpaired) electrons. The minimum atomic E-state index is -4.16. The predicted octanol–water partition coefficient (Wildman–Crippen LogP) is 0.747. The number of carbonyl (C=O) groups is 3. The lowest BCUT2D eigenvalue weighted by molar-refractivity contribution is -0.384. The third-order valence-corrected chi connectivity index (χ3v) is 7.20. The van der Waals surface area contributed by atoms with Gasteiger partial charge in [-0.25, -0.2) is 13.2 Å². The van der Waals surface area contributed by atoms with Gasteiger partial charge in [-0.1, -0.05) is 18.2 Å². The second-order valence-corrected chi connectivity index (χ2v) is 9.39. The number of nitrogens with one attached hydrogen (secondary N) is 2. The van der Waals surface area contributed by atoms with Crippen LogP contribution in [0.1, 0.15) is 23.2 Å². The Kier molecular flexibility index (Phi) is 7.58. The second-order valence-electron chi connectivity index (χ2n) is 7.50. The third kappa shape index (κ3) is 5.55. The molecule has 13 heteroatoms. The van der Waals surface area contributed by atoms with E-state index in [0.29, 0.717) is 12.0 Å². The minimum absolute atomic E-state index is 0.0277. The van der Waals surface area contributed by atoms with Crippen LogP contribution >= 0.6 is 0 Å². The van der Waals surface area contributed by atoms with Gasteiger partial charge in [0.1, 0.15) is 12.1 Å². The molecule has 0 aromatic heterocycles. The number of sulfonamides is 1. The normalized spacial score (nSPS) is 17.0. The molecule has 2 amide bonds. The van der Waals surface area contributed by atoms with Crippen LogP contribution in [0.4, 0.5) is 5.69 Å². The second kappa shape index (κ2) is 10.4. The van der Waals surface area contributed by atoms with E-state index in [1.807, 2.05) is 0 Å². The maximum atomic E-state index is 13.0. The number of benzene rings is 2. The first-order chi connectivity index (χ1) is 16.1. The fourth-order valence-corrected chi connectivity index (χ4v) is 5.18. The van der Waals surface area contributed by atoms with Gasteiger partial charge in [0.05, 0.1) is 9.82 Å². The Labute approximate surface area is 194 Å². The number of nitro benzene ring substituents is 1. The zero-order valence-electron chi connectivity index (χ0n) is 17.8. The van der Waals surface area contributed by atoms with Crippen molar-refractivity contribution < 1.29 is 32.8 Å². The topological polar surface area (TPSA) is 176 Å². The summed E-state index contributed by atoms with van der Waals surface area (Å²) >= 11 is 0. The van der Waals surface area contributed by atoms with Crippen LogP contribution in [0.15, 0.2) is 59.5 Å². The third-order valence-electron chi connectivity index (χ3n) is 5.28. The van der Waals surface area contributed by atoms with Crippen molar-refractivity contribution in [1.82, 2.24) is 14.9 Å². The zero-order chi connectivity index (χ0) is 24.9. The van der Waals surface area contributed by atoms with Gasteiger partial charge in [-0.3, -0.25) is 19.7 Å². The number of carbonyl (C=O) groups excluding carboxylic acids is 2.